The van der Waals surface area contributed by atoms with Crippen LogP contribution in [-0.4, -0.2) is 24.9 Å². The topological polar surface area (TPSA) is 64.7 Å². The van der Waals surface area contributed by atoms with Crippen LogP contribution in [0.5, 0.6) is 11.5 Å². The Morgan fingerprint density at radius 1 is 1.59 bits per heavy atom. The van der Waals surface area contributed by atoms with Crippen molar-refractivity contribution in [2.24, 2.45) is 5.73 Å². The van der Waals surface area contributed by atoms with E-state index >= 15 is 0 Å². The van der Waals surface area contributed by atoms with Crippen molar-refractivity contribution < 1.29 is 14.6 Å². The minimum atomic E-state index is -0.597. The molecule has 2 atom stereocenters. The van der Waals surface area contributed by atoms with Gasteiger partial charge in [0.15, 0.2) is 0 Å². The Bertz CT molecular complexity index is 406. The first kappa shape index (κ1) is 12.2. The Morgan fingerprint density at radius 3 is 3.00 bits per heavy atom. The Labute approximate surface area is 101 Å². The summed E-state index contributed by atoms with van der Waals surface area (Å²) in [5.41, 5.74) is 7.35. The molecule has 4 nitrogen and oxygen atoms in total. The molecule has 1 aliphatic rings. The van der Waals surface area contributed by atoms with Crippen LogP contribution in [0.25, 0.3) is 0 Å². The Hall–Kier alpha value is -1.26. The molecule has 0 saturated carbocycles. The third-order valence-corrected chi connectivity index (χ3v) is 3.05. The summed E-state index contributed by atoms with van der Waals surface area (Å²) in [5, 5.41) is 10.0. The number of aliphatic hydroxyl groups is 1. The van der Waals surface area contributed by atoms with Crippen LogP contribution in [0.4, 0.5) is 0 Å². The molecule has 94 valence electrons. The molecule has 0 amide bonds. The molecule has 0 aliphatic carbocycles. The molecule has 17 heavy (non-hydrogen) atoms. The molecular weight excluding hydrogens is 218 g/mol. The lowest BCUT2D eigenvalue weighted by atomic mass is 10.0. The molecule has 3 N–H and O–H groups in total. The van der Waals surface area contributed by atoms with Gasteiger partial charge in [0, 0.05) is 17.5 Å². The van der Waals surface area contributed by atoms with E-state index in [0.717, 1.165) is 23.3 Å². The molecule has 0 radical (unpaired) electrons. The first-order valence-electron chi connectivity index (χ1n) is 5.91. The molecule has 2 unspecified atom stereocenters. The predicted molar refractivity (Wildman–Crippen MR) is 65.4 cm³/mol. The van der Waals surface area contributed by atoms with Gasteiger partial charge in [0.05, 0.1) is 13.2 Å². The number of aliphatic hydroxyl groups excluding tert-OH is 1. The maximum Gasteiger partial charge on any atom is 0.125 e. The second-order valence-electron chi connectivity index (χ2n) is 4.43. The van der Waals surface area contributed by atoms with Crippen molar-refractivity contribution in [3.63, 3.8) is 0 Å². The van der Waals surface area contributed by atoms with Crippen LogP contribution < -0.4 is 15.2 Å². The first-order chi connectivity index (χ1) is 8.15. The third kappa shape index (κ3) is 2.37. The highest BCUT2D eigenvalue weighted by Gasteiger charge is 2.23. The molecule has 4 heteroatoms. The summed E-state index contributed by atoms with van der Waals surface area (Å²) >= 11 is 0. The van der Waals surface area contributed by atoms with Crippen LogP contribution in [0.1, 0.15) is 30.6 Å². The number of methoxy groups -OCH3 is 1. The fourth-order valence-corrected chi connectivity index (χ4v) is 2.21. The van der Waals surface area contributed by atoms with Crippen LogP contribution in [0.15, 0.2) is 12.1 Å². The summed E-state index contributed by atoms with van der Waals surface area (Å²) in [7, 11) is 1.61. The summed E-state index contributed by atoms with van der Waals surface area (Å²) in [6.07, 6.45) is 1.00. The largest absolute Gasteiger partial charge is 0.496 e. The summed E-state index contributed by atoms with van der Waals surface area (Å²) in [5.74, 6) is 1.56. The van der Waals surface area contributed by atoms with E-state index in [1.165, 1.54) is 0 Å². The molecule has 1 aliphatic heterocycles. The van der Waals surface area contributed by atoms with Crippen molar-refractivity contribution in [3.8, 4) is 11.5 Å². The van der Waals surface area contributed by atoms with Gasteiger partial charge in [0.1, 0.15) is 17.6 Å². The monoisotopic (exact) mass is 237 g/mol. The van der Waals surface area contributed by atoms with E-state index in [1.807, 2.05) is 19.1 Å². The van der Waals surface area contributed by atoms with Crippen LogP contribution in [0.2, 0.25) is 0 Å². The normalized spacial score (nSPS) is 19.6. The van der Waals surface area contributed by atoms with E-state index in [4.69, 9.17) is 15.2 Å². The SMILES string of the molecule is COc1cc2c(cc1C(O)CCN)OC(C)C2. The van der Waals surface area contributed by atoms with Crippen molar-refractivity contribution in [1.29, 1.82) is 0 Å². The lowest BCUT2D eigenvalue weighted by molar-refractivity contribution is 0.165. The third-order valence-electron chi connectivity index (χ3n) is 3.05. The number of benzene rings is 1. The molecule has 2 rings (SSSR count). The van der Waals surface area contributed by atoms with E-state index in [9.17, 15) is 5.11 Å². The van der Waals surface area contributed by atoms with E-state index in [2.05, 4.69) is 0 Å². The summed E-state index contributed by atoms with van der Waals surface area (Å²) < 4.78 is 11.0. The second-order valence-corrected chi connectivity index (χ2v) is 4.43. The van der Waals surface area contributed by atoms with Crippen molar-refractivity contribution >= 4 is 0 Å². The summed E-state index contributed by atoms with van der Waals surface area (Å²) in [6.45, 7) is 2.47. The first-order valence-corrected chi connectivity index (χ1v) is 5.91. The van der Waals surface area contributed by atoms with Crippen LogP contribution >= 0.6 is 0 Å². The number of hydrogen-bond donors (Lipinski definition) is 2. The average molecular weight is 237 g/mol. The van der Waals surface area contributed by atoms with Crippen molar-refractivity contribution in [1.82, 2.24) is 0 Å². The second kappa shape index (κ2) is 4.94. The smallest absolute Gasteiger partial charge is 0.125 e. The molecular formula is C13H19NO3. The van der Waals surface area contributed by atoms with Gasteiger partial charge in [-0.25, -0.2) is 0 Å². The van der Waals surface area contributed by atoms with E-state index < -0.39 is 6.10 Å². The van der Waals surface area contributed by atoms with Gasteiger partial charge in [-0.1, -0.05) is 0 Å². The predicted octanol–water partition coefficient (Wildman–Crippen LogP) is 1.40. The highest BCUT2D eigenvalue weighted by Crippen LogP contribution is 2.38. The van der Waals surface area contributed by atoms with Gasteiger partial charge in [0.25, 0.3) is 0 Å². The summed E-state index contributed by atoms with van der Waals surface area (Å²) in [6, 6.07) is 3.83. The quantitative estimate of drug-likeness (QED) is 0.830. The Balaban J connectivity index is 2.35. The zero-order valence-electron chi connectivity index (χ0n) is 10.3. The fourth-order valence-electron chi connectivity index (χ4n) is 2.21. The molecule has 1 heterocycles. The van der Waals surface area contributed by atoms with Crippen molar-refractivity contribution in [2.75, 3.05) is 13.7 Å². The van der Waals surface area contributed by atoms with Gasteiger partial charge < -0.3 is 20.3 Å². The lowest BCUT2D eigenvalue weighted by Gasteiger charge is -2.15. The van der Waals surface area contributed by atoms with Gasteiger partial charge in [-0.05, 0) is 32.0 Å². The average Bonchev–Trinajstić information content (AvgIpc) is 2.66. The Kier molecular flexibility index (Phi) is 3.54. The van der Waals surface area contributed by atoms with Gasteiger partial charge in [-0.3, -0.25) is 0 Å². The number of ether oxygens (including phenoxy) is 2. The van der Waals surface area contributed by atoms with Crippen LogP contribution in [0.3, 0.4) is 0 Å². The van der Waals surface area contributed by atoms with E-state index in [-0.39, 0.29) is 6.10 Å². The summed E-state index contributed by atoms with van der Waals surface area (Å²) in [4.78, 5) is 0. The Morgan fingerprint density at radius 2 is 2.35 bits per heavy atom. The zero-order chi connectivity index (χ0) is 12.4. The molecule has 1 aromatic carbocycles. The number of hydrogen-bond acceptors (Lipinski definition) is 4. The highest BCUT2D eigenvalue weighted by atomic mass is 16.5. The minimum Gasteiger partial charge on any atom is -0.496 e. The standard InChI is InChI=1S/C13H19NO3/c1-8-5-9-6-13(16-2)10(7-12(9)17-8)11(15)3-4-14/h6-8,11,15H,3-5,14H2,1-2H3. The number of fused-ring (bicyclic) bond motifs is 1. The number of nitrogens with two attached hydrogens (primary N) is 1. The van der Waals surface area contributed by atoms with E-state index in [1.54, 1.807) is 7.11 Å². The molecule has 0 saturated heterocycles. The van der Waals surface area contributed by atoms with Gasteiger partial charge in [-0.15, -0.1) is 0 Å². The highest BCUT2D eigenvalue weighted by molar-refractivity contribution is 5.49. The van der Waals surface area contributed by atoms with Crippen molar-refractivity contribution in [2.45, 2.75) is 32.0 Å². The number of rotatable bonds is 4. The molecule has 0 aromatic heterocycles. The van der Waals surface area contributed by atoms with Crippen LogP contribution in [-0.2, 0) is 6.42 Å². The zero-order valence-corrected chi connectivity index (χ0v) is 10.3. The molecule has 0 fully saturated rings. The van der Waals surface area contributed by atoms with Crippen LogP contribution in [0, 0.1) is 0 Å². The van der Waals surface area contributed by atoms with Crippen molar-refractivity contribution in [3.05, 3.63) is 23.3 Å². The fraction of sp³-hybridized carbons (Fsp3) is 0.538. The molecule has 0 bridgehead atoms. The van der Waals surface area contributed by atoms with Gasteiger partial charge in [0.2, 0.25) is 0 Å². The maximum atomic E-state index is 10.0. The van der Waals surface area contributed by atoms with Gasteiger partial charge in [-0.2, -0.15) is 0 Å². The molecule has 1 aromatic rings. The minimum absolute atomic E-state index is 0.191. The lowest BCUT2D eigenvalue weighted by Crippen LogP contribution is -2.08. The maximum absolute atomic E-state index is 10.0. The van der Waals surface area contributed by atoms with Gasteiger partial charge >= 0.3 is 0 Å². The molecule has 0 spiro atoms. The van der Waals surface area contributed by atoms with E-state index in [0.29, 0.717) is 18.7 Å².